The number of carbonyl (C=O) groups is 1. The summed E-state index contributed by atoms with van der Waals surface area (Å²) >= 11 is 1.61. The fourth-order valence-electron chi connectivity index (χ4n) is 1.48. The molecule has 0 bridgehead atoms. The maximum Gasteiger partial charge on any atom is 0.173 e. The number of ketones is 1. The molecule has 0 aliphatic rings. The monoisotopic (exact) mass is 210 g/mol. The van der Waals surface area contributed by atoms with Gasteiger partial charge in [0.25, 0.3) is 0 Å². The molecule has 0 aliphatic heterocycles. The van der Waals surface area contributed by atoms with Crippen molar-refractivity contribution in [1.82, 2.24) is 0 Å². The van der Waals surface area contributed by atoms with Crippen molar-refractivity contribution in [2.45, 2.75) is 41.0 Å². The van der Waals surface area contributed by atoms with Gasteiger partial charge in [-0.3, -0.25) is 4.79 Å². The standard InChI is InChI=1S/C12H18OS/c1-8-6-9(2)14-11(8)10(13)7-12(3,4)5/h6H,7H2,1-5H3. The van der Waals surface area contributed by atoms with E-state index >= 15 is 0 Å². The van der Waals surface area contributed by atoms with Crippen LogP contribution in [0.25, 0.3) is 0 Å². The van der Waals surface area contributed by atoms with Crippen LogP contribution in [0.15, 0.2) is 6.07 Å². The van der Waals surface area contributed by atoms with Crippen molar-refractivity contribution in [1.29, 1.82) is 0 Å². The Kier molecular flexibility index (Phi) is 3.15. The van der Waals surface area contributed by atoms with Crippen LogP contribution in [-0.2, 0) is 0 Å². The van der Waals surface area contributed by atoms with Crippen molar-refractivity contribution in [3.8, 4) is 0 Å². The van der Waals surface area contributed by atoms with Gasteiger partial charge in [-0.15, -0.1) is 11.3 Å². The molecule has 1 aromatic rings. The van der Waals surface area contributed by atoms with E-state index in [1.807, 2.05) is 13.8 Å². The Balaban J connectivity index is 2.85. The Hall–Kier alpha value is -0.630. The molecule has 0 radical (unpaired) electrons. The van der Waals surface area contributed by atoms with Gasteiger partial charge in [-0.1, -0.05) is 20.8 Å². The zero-order valence-electron chi connectivity index (χ0n) is 9.60. The molecule has 0 fully saturated rings. The third kappa shape index (κ3) is 2.95. The fourth-order valence-corrected chi connectivity index (χ4v) is 2.44. The number of Topliss-reactive ketones (excluding diaryl/α,β-unsaturated/α-hetero) is 1. The molecule has 0 unspecified atom stereocenters. The van der Waals surface area contributed by atoms with E-state index in [9.17, 15) is 4.79 Å². The first kappa shape index (κ1) is 11.4. The molecule has 0 N–H and O–H groups in total. The molecule has 0 saturated carbocycles. The second-order valence-corrected chi connectivity index (χ2v) is 6.29. The lowest BCUT2D eigenvalue weighted by Gasteiger charge is -2.16. The summed E-state index contributed by atoms with van der Waals surface area (Å²) in [7, 11) is 0. The lowest BCUT2D eigenvalue weighted by molar-refractivity contribution is 0.0943. The summed E-state index contributed by atoms with van der Waals surface area (Å²) in [6.07, 6.45) is 0.633. The minimum absolute atomic E-state index is 0.0847. The molecular formula is C12H18OS. The minimum atomic E-state index is 0.0847. The first-order valence-electron chi connectivity index (χ1n) is 4.90. The van der Waals surface area contributed by atoms with E-state index in [-0.39, 0.29) is 11.2 Å². The highest BCUT2D eigenvalue weighted by atomic mass is 32.1. The SMILES string of the molecule is Cc1cc(C)c(C(=O)CC(C)(C)C)s1. The normalized spacial score (nSPS) is 11.8. The van der Waals surface area contributed by atoms with Crippen LogP contribution in [0.2, 0.25) is 0 Å². The molecule has 0 aromatic carbocycles. The molecule has 0 atom stereocenters. The first-order chi connectivity index (χ1) is 6.29. The van der Waals surface area contributed by atoms with Gasteiger partial charge in [0.15, 0.2) is 5.78 Å². The van der Waals surface area contributed by atoms with Gasteiger partial charge in [0, 0.05) is 11.3 Å². The minimum Gasteiger partial charge on any atom is -0.293 e. The smallest absolute Gasteiger partial charge is 0.173 e. The van der Waals surface area contributed by atoms with Crippen molar-refractivity contribution in [3.05, 3.63) is 21.4 Å². The average molecular weight is 210 g/mol. The molecule has 1 rings (SSSR count). The summed E-state index contributed by atoms with van der Waals surface area (Å²) < 4.78 is 0. The van der Waals surface area contributed by atoms with Crippen LogP contribution in [0.3, 0.4) is 0 Å². The molecule has 14 heavy (non-hydrogen) atoms. The lowest BCUT2D eigenvalue weighted by Crippen LogP contribution is -2.12. The van der Waals surface area contributed by atoms with Crippen molar-refractivity contribution in [3.63, 3.8) is 0 Å². The second kappa shape index (κ2) is 3.85. The van der Waals surface area contributed by atoms with Crippen LogP contribution in [0.1, 0.15) is 47.3 Å². The Labute approximate surface area is 90.2 Å². The first-order valence-corrected chi connectivity index (χ1v) is 5.71. The van der Waals surface area contributed by atoms with Crippen LogP contribution in [0.5, 0.6) is 0 Å². The summed E-state index contributed by atoms with van der Waals surface area (Å²) in [5.74, 6) is 0.285. The third-order valence-corrected chi connectivity index (χ3v) is 3.18. The summed E-state index contributed by atoms with van der Waals surface area (Å²) in [6.45, 7) is 10.4. The highest BCUT2D eigenvalue weighted by Crippen LogP contribution is 2.27. The Bertz CT molecular complexity index is 342. The number of hydrogen-bond donors (Lipinski definition) is 0. The van der Waals surface area contributed by atoms with E-state index in [1.54, 1.807) is 11.3 Å². The zero-order valence-corrected chi connectivity index (χ0v) is 10.4. The summed E-state index contributed by atoms with van der Waals surface area (Å²) in [6, 6.07) is 2.08. The molecular weight excluding hydrogens is 192 g/mol. The number of carbonyl (C=O) groups excluding carboxylic acids is 1. The van der Waals surface area contributed by atoms with Crippen LogP contribution in [0.4, 0.5) is 0 Å². The predicted molar refractivity (Wildman–Crippen MR) is 62.2 cm³/mol. The van der Waals surface area contributed by atoms with Crippen molar-refractivity contribution < 1.29 is 4.79 Å². The largest absolute Gasteiger partial charge is 0.293 e. The third-order valence-electron chi connectivity index (χ3n) is 1.99. The van der Waals surface area contributed by atoms with Crippen LogP contribution >= 0.6 is 11.3 Å². The van der Waals surface area contributed by atoms with Gasteiger partial charge in [-0.05, 0) is 30.9 Å². The molecule has 0 aliphatic carbocycles. The molecule has 78 valence electrons. The maximum atomic E-state index is 11.9. The van der Waals surface area contributed by atoms with E-state index in [1.165, 1.54) is 4.88 Å². The van der Waals surface area contributed by atoms with Crippen molar-refractivity contribution >= 4 is 17.1 Å². The molecule has 0 amide bonds. The zero-order chi connectivity index (χ0) is 10.9. The molecule has 1 heterocycles. The molecule has 0 saturated heterocycles. The van der Waals surface area contributed by atoms with E-state index in [4.69, 9.17) is 0 Å². The van der Waals surface area contributed by atoms with Gasteiger partial charge in [0.05, 0.1) is 4.88 Å². The summed E-state index contributed by atoms with van der Waals surface area (Å²) in [5, 5.41) is 0. The number of aryl methyl sites for hydroxylation is 2. The van der Waals surface area contributed by atoms with Gasteiger partial charge in [0.2, 0.25) is 0 Å². The van der Waals surface area contributed by atoms with Gasteiger partial charge in [-0.2, -0.15) is 0 Å². The van der Waals surface area contributed by atoms with E-state index in [2.05, 4.69) is 26.8 Å². The van der Waals surface area contributed by atoms with E-state index in [0.29, 0.717) is 6.42 Å². The van der Waals surface area contributed by atoms with E-state index < -0.39 is 0 Å². The topological polar surface area (TPSA) is 17.1 Å². The molecule has 1 nitrogen and oxygen atoms in total. The average Bonchev–Trinajstić information content (AvgIpc) is 2.26. The quantitative estimate of drug-likeness (QED) is 0.675. The van der Waals surface area contributed by atoms with Crippen LogP contribution in [-0.4, -0.2) is 5.78 Å². The fraction of sp³-hybridized carbons (Fsp3) is 0.583. The number of rotatable bonds is 2. The van der Waals surface area contributed by atoms with Crippen molar-refractivity contribution in [2.24, 2.45) is 5.41 Å². The molecule has 2 heteroatoms. The van der Waals surface area contributed by atoms with Gasteiger partial charge >= 0.3 is 0 Å². The van der Waals surface area contributed by atoms with Gasteiger partial charge < -0.3 is 0 Å². The Morgan fingerprint density at radius 2 is 1.93 bits per heavy atom. The maximum absolute atomic E-state index is 11.9. The summed E-state index contributed by atoms with van der Waals surface area (Å²) in [5.41, 5.74) is 1.21. The Morgan fingerprint density at radius 3 is 2.29 bits per heavy atom. The second-order valence-electron chi connectivity index (χ2n) is 5.03. The van der Waals surface area contributed by atoms with Gasteiger partial charge in [-0.25, -0.2) is 0 Å². The number of hydrogen-bond acceptors (Lipinski definition) is 2. The van der Waals surface area contributed by atoms with Crippen LogP contribution in [0, 0.1) is 19.3 Å². The van der Waals surface area contributed by atoms with Crippen molar-refractivity contribution in [2.75, 3.05) is 0 Å². The Morgan fingerprint density at radius 1 is 1.36 bits per heavy atom. The summed E-state index contributed by atoms with van der Waals surface area (Å²) in [4.78, 5) is 14.1. The predicted octanol–water partition coefficient (Wildman–Crippen LogP) is 3.98. The van der Waals surface area contributed by atoms with Crippen LogP contribution < -0.4 is 0 Å². The molecule has 0 spiro atoms. The van der Waals surface area contributed by atoms with Gasteiger partial charge in [0.1, 0.15) is 0 Å². The highest BCUT2D eigenvalue weighted by molar-refractivity contribution is 7.14. The number of thiophene rings is 1. The molecule has 1 aromatic heterocycles. The lowest BCUT2D eigenvalue weighted by atomic mass is 9.89. The van der Waals surface area contributed by atoms with E-state index in [0.717, 1.165) is 10.4 Å². The highest BCUT2D eigenvalue weighted by Gasteiger charge is 2.19.